The Balaban J connectivity index is 2.09. The van der Waals surface area contributed by atoms with Gasteiger partial charge >= 0.3 is 0 Å². The smallest absolute Gasteiger partial charge is 0.261 e. The van der Waals surface area contributed by atoms with Crippen LogP contribution in [0.15, 0.2) is 17.1 Å². The summed E-state index contributed by atoms with van der Waals surface area (Å²) in [6.07, 6.45) is 0.0100. The zero-order chi connectivity index (χ0) is 14.4. The van der Waals surface area contributed by atoms with Crippen molar-refractivity contribution in [2.24, 2.45) is 5.92 Å². The molecule has 0 spiro atoms. The molecule has 1 aliphatic rings. The molecule has 108 valence electrons. The molecule has 4 atom stereocenters. The zero-order valence-corrected chi connectivity index (χ0v) is 10.6. The summed E-state index contributed by atoms with van der Waals surface area (Å²) in [4.78, 5) is 18.2. The fourth-order valence-electron chi connectivity index (χ4n) is 2.88. The predicted octanol–water partition coefficient (Wildman–Crippen LogP) is -1.42. The van der Waals surface area contributed by atoms with Gasteiger partial charge in [0.2, 0.25) is 5.95 Å². The van der Waals surface area contributed by atoms with Crippen molar-refractivity contribution >= 4 is 17.0 Å². The highest BCUT2D eigenvalue weighted by molar-refractivity contribution is 5.76. The monoisotopic (exact) mass is 280 g/mol. The van der Waals surface area contributed by atoms with E-state index in [9.17, 15) is 20.1 Å². The largest absolute Gasteiger partial charge is 0.396 e. The minimum absolute atomic E-state index is 0.00538. The summed E-state index contributed by atoms with van der Waals surface area (Å²) in [6, 6.07) is 1.14. The first-order valence-corrected chi connectivity index (χ1v) is 6.36. The van der Waals surface area contributed by atoms with Crippen molar-refractivity contribution in [1.29, 1.82) is 0 Å². The standard InChI is InChI=1S/C12H16N4O4/c13-12-14-10-6(11(20)15-12)1-2-16(10)7-3-5(4-17)8(18)9(7)19/h1-2,5,7-9,17-19H,3-4H2,(H3,13,14,15,20)/t5-,7-,8+,9-/m1/s1. The number of hydrogen-bond donors (Lipinski definition) is 5. The number of aliphatic hydroxyl groups excluding tert-OH is 3. The maximum atomic E-state index is 11.8. The average molecular weight is 280 g/mol. The van der Waals surface area contributed by atoms with Crippen molar-refractivity contribution in [3.63, 3.8) is 0 Å². The highest BCUT2D eigenvalue weighted by atomic mass is 16.3. The number of hydrogen-bond acceptors (Lipinski definition) is 6. The molecule has 2 heterocycles. The van der Waals surface area contributed by atoms with Crippen LogP contribution in [-0.4, -0.2) is 48.7 Å². The minimum Gasteiger partial charge on any atom is -0.396 e. The SMILES string of the molecule is Nc1nc2c(ccn2[C@@H]2C[C@H](CO)[C@H](O)[C@@H]2O)c(=O)[nH]1. The van der Waals surface area contributed by atoms with Crippen LogP contribution in [0.5, 0.6) is 0 Å². The molecule has 1 fully saturated rings. The Morgan fingerprint density at radius 2 is 2.20 bits per heavy atom. The molecule has 0 radical (unpaired) electrons. The van der Waals surface area contributed by atoms with Crippen LogP contribution < -0.4 is 11.3 Å². The fraction of sp³-hybridized carbons (Fsp3) is 0.500. The number of nitrogens with two attached hydrogens (primary N) is 1. The van der Waals surface area contributed by atoms with Gasteiger partial charge in [0.25, 0.3) is 5.56 Å². The maximum Gasteiger partial charge on any atom is 0.261 e. The Morgan fingerprint density at radius 3 is 2.85 bits per heavy atom. The summed E-state index contributed by atoms with van der Waals surface area (Å²) in [5, 5.41) is 29.5. The van der Waals surface area contributed by atoms with E-state index in [1.807, 2.05) is 0 Å². The highest BCUT2D eigenvalue weighted by Crippen LogP contribution is 2.36. The van der Waals surface area contributed by atoms with E-state index in [0.29, 0.717) is 17.5 Å². The van der Waals surface area contributed by atoms with Gasteiger partial charge in [-0.2, -0.15) is 4.98 Å². The normalized spacial score (nSPS) is 30.1. The van der Waals surface area contributed by atoms with Gasteiger partial charge in [-0.05, 0) is 12.5 Å². The molecule has 6 N–H and O–H groups in total. The van der Waals surface area contributed by atoms with Crippen LogP contribution in [-0.2, 0) is 0 Å². The van der Waals surface area contributed by atoms with Crippen LogP contribution in [0.2, 0.25) is 0 Å². The van der Waals surface area contributed by atoms with Crippen molar-refractivity contribution < 1.29 is 15.3 Å². The first-order valence-electron chi connectivity index (χ1n) is 6.36. The summed E-state index contributed by atoms with van der Waals surface area (Å²) < 4.78 is 1.63. The number of aliphatic hydroxyl groups is 3. The Labute approximate surface area is 113 Å². The molecule has 1 aliphatic carbocycles. The lowest BCUT2D eigenvalue weighted by Crippen LogP contribution is -2.30. The molecular weight excluding hydrogens is 264 g/mol. The highest BCUT2D eigenvalue weighted by Gasteiger charge is 2.42. The molecule has 8 nitrogen and oxygen atoms in total. The molecule has 0 unspecified atom stereocenters. The number of rotatable bonds is 2. The minimum atomic E-state index is -1.02. The third-order valence-electron chi connectivity index (χ3n) is 3.96. The molecule has 0 aromatic carbocycles. The van der Waals surface area contributed by atoms with E-state index in [4.69, 9.17) is 5.73 Å². The Bertz CT molecular complexity index is 694. The number of fused-ring (bicyclic) bond motifs is 1. The molecule has 0 saturated heterocycles. The summed E-state index contributed by atoms with van der Waals surface area (Å²) in [5.41, 5.74) is 5.55. The third-order valence-corrected chi connectivity index (χ3v) is 3.96. The number of nitrogen functional groups attached to an aromatic ring is 1. The average Bonchev–Trinajstić information content (AvgIpc) is 2.93. The molecule has 0 aliphatic heterocycles. The number of anilines is 1. The molecule has 1 saturated carbocycles. The molecule has 8 heteroatoms. The maximum absolute atomic E-state index is 11.8. The van der Waals surface area contributed by atoms with Gasteiger partial charge in [-0.3, -0.25) is 9.78 Å². The van der Waals surface area contributed by atoms with Crippen molar-refractivity contribution in [3.8, 4) is 0 Å². The van der Waals surface area contributed by atoms with Crippen LogP contribution in [0, 0.1) is 5.92 Å². The number of H-pyrrole nitrogens is 1. The first-order chi connectivity index (χ1) is 9.52. The summed E-state index contributed by atoms with van der Waals surface area (Å²) in [6.45, 7) is -0.204. The van der Waals surface area contributed by atoms with Gasteiger partial charge in [-0.15, -0.1) is 0 Å². The Hall–Kier alpha value is -1.90. The lowest BCUT2D eigenvalue weighted by Gasteiger charge is -2.18. The van der Waals surface area contributed by atoms with Gasteiger partial charge in [0.1, 0.15) is 11.8 Å². The first kappa shape index (κ1) is 13.1. The van der Waals surface area contributed by atoms with Crippen molar-refractivity contribution in [3.05, 3.63) is 22.6 Å². The lowest BCUT2D eigenvalue weighted by molar-refractivity contribution is -0.00365. The number of aromatic amines is 1. The molecule has 3 rings (SSSR count). The number of aromatic nitrogens is 3. The molecular formula is C12H16N4O4. The predicted molar refractivity (Wildman–Crippen MR) is 71.0 cm³/mol. The Kier molecular flexibility index (Phi) is 3.00. The van der Waals surface area contributed by atoms with Gasteiger partial charge in [0.15, 0.2) is 0 Å². The summed E-state index contributed by atoms with van der Waals surface area (Å²) >= 11 is 0. The molecule has 2 aromatic rings. The van der Waals surface area contributed by atoms with Crippen molar-refractivity contribution in [2.45, 2.75) is 24.7 Å². The van der Waals surface area contributed by atoms with Gasteiger partial charge in [0.05, 0.1) is 17.5 Å². The Morgan fingerprint density at radius 1 is 1.45 bits per heavy atom. The summed E-state index contributed by atoms with van der Waals surface area (Å²) in [7, 11) is 0. The van der Waals surface area contributed by atoms with Gasteiger partial charge in [0, 0.05) is 18.7 Å². The lowest BCUT2D eigenvalue weighted by atomic mass is 10.1. The van der Waals surface area contributed by atoms with Crippen LogP contribution >= 0.6 is 0 Å². The van der Waals surface area contributed by atoms with Gasteiger partial charge in [-0.1, -0.05) is 0 Å². The van der Waals surface area contributed by atoms with E-state index >= 15 is 0 Å². The van der Waals surface area contributed by atoms with E-state index in [-0.39, 0.29) is 18.1 Å². The second-order valence-corrected chi connectivity index (χ2v) is 5.14. The quantitative estimate of drug-likeness (QED) is 0.458. The number of nitrogens with one attached hydrogen (secondary N) is 1. The number of nitrogens with zero attached hydrogens (tertiary/aromatic N) is 2. The second kappa shape index (κ2) is 4.58. The van der Waals surface area contributed by atoms with Gasteiger partial charge in [-0.25, -0.2) is 0 Å². The molecule has 20 heavy (non-hydrogen) atoms. The van der Waals surface area contributed by atoms with E-state index in [2.05, 4.69) is 9.97 Å². The van der Waals surface area contributed by atoms with Crippen LogP contribution in [0.1, 0.15) is 12.5 Å². The van der Waals surface area contributed by atoms with Crippen molar-refractivity contribution in [2.75, 3.05) is 12.3 Å². The molecule has 0 bridgehead atoms. The van der Waals surface area contributed by atoms with E-state index < -0.39 is 24.2 Å². The molecule has 0 amide bonds. The van der Waals surface area contributed by atoms with Crippen LogP contribution in [0.3, 0.4) is 0 Å². The summed E-state index contributed by atoms with van der Waals surface area (Å²) in [5.74, 6) is -0.402. The second-order valence-electron chi connectivity index (χ2n) is 5.14. The molecule has 2 aromatic heterocycles. The fourth-order valence-corrected chi connectivity index (χ4v) is 2.88. The van der Waals surface area contributed by atoms with E-state index in [1.54, 1.807) is 16.8 Å². The van der Waals surface area contributed by atoms with Gasteiger partial charge < -0.3 is 25.6 Å². The van der Waals surface area contributed by atoms with E-state index in [1.165, 1.54) is 0 Å². The van der Waals surface area contributed by atoms with Crippen LogP contribution in [0.25, 0.3) is 11.0 Å². The zero-order valence-electron chi connectivity index (χ0n) is 10.6. The van der Waals surface area contributed by atoms with Crippen molar-refractivity contribution in [1.82, 2.24) is 14.5 Å². The van der Waals surface area contributed by atoms with Crippen LogP contribution in [0.4, 0.5) is 5.95 Å². The van der Waals surface area contributed by atoms with E-state index in [0.717, 1.165) is 0 Å². The third kappa shape index (κ3) is 1.80. The topological polar surface area (TPSA) is 137 Å².